The summed E-state index contributed by atoms with van der Waals surface area (Å²) in [6.45, 7) is 10.3. The number of nitrogens with zero attached hydrogens (tertiary/aromatic N) is 5. The Labute approximate surface area is 283 Å². The summed E-state index contributed by atoms with van der Waals surface area (Å²) in [5.74, 6) is -2.12. The summed E-state index contributed by atoms with van der Waals surface area (Å²) in [6, 6.07) is 16.4. The van der Waals surface area contributed by atoms with Crippen molar-refractivity contribution in [2.45, 2.75) is 58.7 Å². The van der Waals surface area contributed by atoms with E-state index in [-0.39, 0.29) is 30.7 Å². The van der Waals surface area contributed by atoms with Gasteiger partial charge in [0.15, 0.2) is 0 Å². The lowest BCUT2D eigenvalue weighted by atomic mass is 9.81. The number of hydrogen-bond acceptors (Lipinski definition) is 10. The normalized spacial score (nSPS) is 14.7. The second kappa shape index (κ2) is 14.6. The maximum Gasteiger partial charge on any atom is 0.325 e. The number of ether oxygens (including phenoxy) is 1. The number of esters is 1. The Morgan fingerprint density at radius 2 is 1.83 bits per heavy atom. The van der Waals surface area contributed by atoms with Gasteiger partial charge < -0.3 is 20.1 Å². The third-order valence-corrected chi connectivity index (χ3v) is 9.27. The van der Waals surface area contributed by atoms with Crippen LogP contribution in [0.2, 0.25) is 0 Å². The molecule has 0 unspecified atom stereocenters. The Morgan fingerprint density at radius 3 is 2.48 bits per heavy atom. The number of thiazole rings is 1. The lowest BCUT2D eigenvalue weighted by Gasteiger charge is -2.36. The number of rotatable bonds is 12. The van der Waals surface area contributed by atoms with Gasteiger partial charge in [-0.1, -0.05) is 51.1 Å². The van der Waals surface area contributed by atoms with Gasteiger partial charge in [-0.05, 0) is 48.7 Å². The average Bonchev–Trinajstić information content (AvgIpc) is 3.71. The van der Waals surface area contributed by atoms with Gasteiger partial charge in [-0.25, -0.2) is 13.8 Å². The van der Waals surface area contributed by atoms with Gasteiger partial charge in [-0.3, -0.25) is 9.80 Å². The van der Waals surface area contributed by atoms with Crippen LogP contribution in [0.15, 0.2) is 65.1 Å². The van der Waals surface area contributed by atoms with Crippen LogP contribution in [0.1, 0.15) is 59.5 Å². The summed E-state index contributed by atoms with van der Waals surface area (Å²) in [5.41, 5.74) is 2.75. The van der Waals surface area contributed by atoms with E-state index in [2.05, 4.69) is 16.5 Å². The fourth-order valence-electron chi connectivity index (χ4n) is 5.69. The topological polar surface area (TPSA) is 114 Å². The van der Waals surface area contributed by atoms with Gasteiger partial charge in [0, 0.05) is 41.1 Å². The van der Waals surface area contributed by atoms with E-state index in [0.29, 0.717) is 35.2 Å². The van der Waals surface area contributed by atoms with Crippen LogP contribution in [0.25, 0.3) is 11.3 Å². The number of aliphatic hydroxyl groups is 1. The lowest BCUT2D eigenvalue weighted by Crippen LogP contribution is -2.44. The van der Waals surface area contributed by atoms with Crippen LogP contribution in [0, 0.1) is 36.8 Å². The molecule has 3 aromatic carbocycles. The Morgan fingerprint density at radius 1 is 1.12 bits per heavy atom. The highest BCUT2D eigenvalue weighted by molar-refractivity contribution is 7.10. The van der Waals surface area contributed by atoms with E-state index in [1.165, 1.54) is 17.4 Å². The molecule has 0 saturated heterocycles. The van der Waals surface area contributed by atoms with E-state index in [1.54, 1.807) is 42.5 Å². The van der Waals surface area contributed by atoms with Gasteiger partial charge in [-0.15, -0.1) is 11.3 Å². The molecular formula is C36H38F2N6O3S. The van der Waals surface area contributed by atoms with Crippen molar-refractivity contribution in [3.05, 3.63) is 104 Å². The Balaban J connectivity index is 1.32. The maximum absolute atomic E-state index is 15.3. The van der Waals surface area contributed by atoms with Crippen molar-refractivity contribution in [3.63, 3.8) is 0 Å². The van der Waals surface area contributed by atoms with E-state index in [9.17, 15) is 14.3 Å². The Bertz CT molecular complexity index is 1830. The van der Waals surface area contributed by atoms with Crippen molar-refractivity contribution in [1.29, 1.82) is 5.26 Å². The SMILES string of the molecule is Cc1cc(CN2C=NN(C[C@](O)(c3ccc(F)cc3F)[C@@H](C)c3nc(-c4ccc(C#N)cc4)cs3)C2)cc(C)c1OC(=O)CNC(C)C. The smallest absolute Gasteiger partial charge is 0.325 e. The molecule has 0 amide bonds. The van der Waals surface area contributed by atoms with Crippen LogP contribution in [0.4, 0.5) is 8.78 Å². The zero-order valence-corrected chi connectivity index (χ0v) is 28.3. The number of nitriles is 1. The molecule has 9 nitrogen and oxygen atoms in total. The molecule has 0 radical (unpaired) electrons. The molecule has 0 bridgehead atoms. The zero-order chi connectivity index (χ0) is 34.6. The first kappa shape index (κ1) is 34.6. The summed E-state index contributed by atoms with van der Waals surface area (Å²) < 4.78 is 34.9. The molecule has 1 aliphatic heterocycles. The zero-order valence-electron chi connectivity index (χ0n) is 27.5. The van der Waals surface area contributed by atoms with Crippen LogP contribution in [-0.2, 0) is 16.9 Å². The van der Waals surface area contributed by atoms with Gasteiger partial charge in [0.1, 0.15) is 36.0 Å². The number of aryl methyl sites for hydroxylation is 2. The second-order valence-electron chi connectivity index (χ2n) is 12.4. The van der Waals surface area contributed by atoms with Gasteiger partial charge >= 0.3 is 5.97 Å². The second-order valence-corrected chi connectivity index (χ2v) is 13.3. The van der Waals surface area contributed by atoms with E-state index in [0.717, 1.165) is 34.4 Å². The molecule has 0 saturated carbocycles. The molecule has 1 aromatic heterocycles. The van der Waals surface area contributed by atoms with Crippen molar-refractivity contribution in [1.82, 2.24) is 20.2 Å². The monoisotopic (exact) mass is 672 g/mol. The molecular weight excluding hydrogens is 634 g/mol. The van der Waals surface area contributed by atoms with E-state index in [4.69, 9.17) is 15.0 Å². The first-order valence-electron chi connectivity index (χ1n) is 15.6. The fourth-order valence-corrected chi connectivity index (χ4v) is 6.66. The third kappa shape index (κ3) is 7.87. The van der Waals surface area contributed by atoms with Crippen LogP contribution < -0.4 is 10.1 Å². The number of β-amino-alcohol motifs (C(OH)–C–C–N with tert-alkyl or cyclic N) is 1. The number of hydrogen-bond donors (Lipinski definition) is 2. The largest absolute Gasteiger partial charge is 0.425 e. The highest BCUT2D eigenvalue weighted by Crippen LogP contribution is 2.41. The molecule has 12 heteroatoms. The quantitative estimate of drug-likeness (QED) is 0.135. The van der Waals surface area contributed by atoms with Gasteiger partial charge in [0.2, 0.25) is 0 Å². The number of carbonyl (C=O) groups excluding carboxylic acids is 1. The van der Waals surface area contributed by atoms with Gasteiger partial charge in [-0.2, -0.15) is 10.4 Å². The van der Waals surface area contributed by atoms with Crippen LogP contribution in [-0.4, -0.2) is 58.1 Å². The number of aromatic nitrogens is 1. The van der Waals surface area contributed by atoms with Crippen LogP contribution >= 0.6 is 11.3 Å². The Kier molecular flexibility index (Phi) is 10.5. The highest BCUT2D eigenvalue weighted by atomic mass is 32.1. The predicted octanol–water partition coefficient (Wildman–Crippen LogP) is 6.19. The van der Waals surface area contributed by atoms with Crippen molar-refractivity contribution in [2.24, 2.45) is 5.10 Å². The van der Waals surface area contributed by atoms with E-state index in [1.807, 2.05) is 50.1 Å². The number of benzene rings is 3. The summed E-state index contributed by atoms with van der Waals surface area (Å²) in [5, 5.41) is 33.0. The molecule has 4 aromatic rings. The predicted molar refractivity (Wildman–Crippen MR) is 181 cm³/mol. The molecule has 0 spiro atoms. The molecule has 5 rings (SSSR count). The molecule has 0 fully saturated rings. The molecule has 2 atom stereocenters. The minimum absolute atomic E-state index is 0.0554. The molecule has 1 aliphatic rings. The third-order valence-electron chi connectivity index (χ3n) is 8.24. The van der Waals surface area contributed by atoms with Crippen molar-refractivity contribution < 1.29 is 23.4 Å². The van der Waals surface area contributed by atoms with Gasteiger partial charge in [0.25, 0.3) is 0 Å². The molecule has 48 heavy (non-hydrogen) atoms. The summed E-state index contributed by atoms with van der Waals surface area (Å²) in [4.78, 5) is 19.0. The average molecular weight is 673 g/mol. The maximum atomic E-state index is 15.3. The van der Waals surface area contributed by atoms with Crippen LogP contribution in [0.3, 0.4) is 0 Å². The minimum atomic E-state index is -1.83. The van der Waals surface area contributed by atoms with Crippen molar-refractivity contribution in [2.75, 3.05) is 19.8 Å². The fraction of sp³-hybridized carbons (Fsp3) is 0.333. The molecule has 250 valence electrons. The molecule has 2 N–H and O–H groups in total. The Hall–Kier alpha value is -4.70. The summed E-state index contributed by atoms with van der Waals surface area (Å²) in [6.07, 6.45) is 1.66. The molecule has 2 heterocycles. The van der Waals surface area contributed by atoms with E-state index >= 15 is 4.39 Å². The first-order valence-corrected chi connectivity index (χ1v) is 16.5. The number of halogens is 2. The van der Waals surface area contributed by atoms with Gasteiger partial charge in [0.05, 0.1) is 35.4 Å². The number of carbonyl (C=O) groups is 1. The van der Waals surface area contributed by atoms with E-state index < -0.39 is 23.2 Å². The standard InChI is InChI=1S/C36H38F2N6O3S/c1-22(2)40-16-33(45)47-34-23(3)12-27(13-24(34)4)17-43-20-41-44(21-43)19-36(46,30-11-10-29(37)14-31(30)38)25(5)35-42-32(18-48-35)28-8-6-26(15-39)7-9-28/h6-14,18,20,22,25,40,46H,16-17,19,21H2,1-5H3/t25-,36+/m0/s1. The number of nitrogens with one attached hydrogen (secondary N) is 1. The lowest BCUT2D eigenvalue weighted by molar-refractivity contribution is -0.133. The first-order chi connectivity index (χ1) is 22.9. The highest BCUT2D eigenvalue weighted by Gasteiger charge is 2.43. The summed E-state index contributed by atoms with van der Waals surface area (Å²) in [7, 11) is 0. The molecule has 0 aliphatic carbocycles. The summed E-state index contributed by atoms with van der Waals surface area (Å²) >= 11 is 1.33. The van der Waals surface area contributed by atoms with Crippen molar-refractivity contribution >= 4 is 23.6 Å². The van der Waals surface area contributed by atoms with Crippen LogP contribution in [0.5, 0.6) is 5.75 Å². The minimum Gasteiger partial charge on any atom is -0.425 e. The van der Waals surface area contributed by atoms with Crippen molar-refractivity contribution in [3.8, 4) is 23.1 Å². The number of hydrazone groups is 1.